The molecule has 4 nitrogen and oxygen atoms in total. The van der Waals surface area contributed by atoms with Crippen molar-refractivity contribution in [3.63, 3.8) is 0 Å². The summed E-state index contributed by atoms with van der Waals surface area (Å²) in [6.07, 6.45) is 3.47. The maximum Gasteiger partial charge on any atom is 0.191 e. The summed E-state index contributed by atoms with van der Waals surface area (Å²) in [7, 11) is 1.70. The zero-order valence-corrected chi connectivity index (χ0v) is 11.5. The van der Waals surface area contributed by atoms with Crippen LogP contribution in [0.5, 0.6) is 5.75 Å². The monoisotopic (exact) mass is 267 g/mol. The molecular formula is C14H22FN3O. The molecule has 0 bridgehead atoms. The second kappa shape index (κ2) is 8.34. The number of phenols is 1. The van der Waals surface area contributed by atoms with Crippen LogP contribution in [0.15, 0.2) is 23.2 Å². The van der Waals surface area contributed by atoms with Crippen LogP contribution in [-0.2, 0) is 6.54 Å². The van der Waals surface area contributed by atoms with E-state index in [1.807, 2.05) is 0 Å². The second-order valence-electron chi connectivity index (χ2n) is 4.35. The summed E-state index contributed by atoms with van der Waals surface area (Å²) in [4.78, 5) is 4.09. The molecule has 0 aliphatic rings. The van der Waals surface area contributed by atoms with Gasteiger partial charge in [-0.3, -0.25) is 4.99 Å². The van der Waals surface area contributed by atoms with E-state index in [9.17, 15) is 4.39 Å². The van der Waals surface area contributed by atoms with Gasteiger partial charge in [-0.15, -0.1) is 0 Å². The van der Waals surface area contributed by atoms with Gasteiger partial charge in [-0.25, -0.2) is 4.39 Å². The molecule has 0 saturated heterocycles. The van der Waals surface area contributed by atoms with Crippen LogP contribution in [0.4, 0.5) is 4.39 Å². The average molecular weight is 267 g/mol. The Kier molecular flexibility index (Phi) is 6.71. The molecule has 0 saturated carbocycles. The number of rotatable bonds is 6. The van der Waals surface area contributed by atoms with Crippen molar-refractivity contribution in [2.45, 2.75) is 32.7 Å². The maximum atomic E-state index is 13.1. The topological polar surface area (TPSA) is 56.7 Å². The highest BCUT2D eigenvalue weighted by molar-refractivity contribution is 5.79. The molecule has 5 heteroatoms. The Bertz CT molecular complexity index is 421. The highest BCUT2D eigenvalue weighted by Crippen LogP contribution is 2.15. The highest BCUT2D eigenvalue weighted by atomic mass is 19.1. The van der Waals surface area contributed by atoms with E-state index in [0.717, 1.165) is 18.5 Å². The zero-order chi connectivity index (χ0) is 14.1. The van der Waals surface area contributed by atoms with Crippen LogP contribution < -0.4 is 10.6 Å². The second-order valence-corrected chi connectivity index (χ2v) is 4.35. The van der Waals surface area contributed by atoms with Gasteiger partial charge in [-0.1, -0.05) is 25.8 Å². The van der Waals surface area contributed by atoms with Crippen molar-refractivity contribution < 1.29 is 9.50 Å². The van der Waals surface area contributed by atoms with Crippen molar-refractivity contribution in [1.82, 2.24) is 10.6 Å². The molecule has 0 aliphatic heterocycles. The molecular weight excluding hydrogens is 245 g/mol. The summed E-state index contributed by atoms with van der Waals surface area (Å²) >= 11 is 0. The summed E-state index contributed by atoms with van der Waals surface area (Å²) in [6, 6.07) is 4.34. The van der Waals surface area contributed by atoms with Gasteiger partial charge in [-0.05, 0) is 24.1 Å². The average Bonchev–Trinajstić information content (AvgIpc) is 2.42. The molecule has 0 atom stereocenters. The Morgan fingerprint density at radius 2 is 2.11 bits per heavy atom. The van der Waals surface area contributed by atoms with E-state index in [4.69, 9.17) is 5.11 Å². The van der Waals surface area contributed by atoms with Crippen LogP contribution in [0.25, 0.3) is 0 Å². The number of phenolic OH excluding ortho intramolecular Hbond substituents is 1. The van der Waals surface area contributed by atoms with E-state index in [1.54, 1.807) is 13.1 Å². The van der Waals surface area contributed by atoms with E-state index in [1.165, 1.54) is 25.0 Å². The number of nitrogens with one attached hydrogen (secondary N) is 2. The molecule has 19 heavy (non-hydrogen) atoms. The molecule has 0 radical (unpaired) electrons. The number of unbranched alkanes of at least 4 members (excludes halogenated alkanes) is 2. The highest BCUT2D eigenvalue weighted by Gasteiger charge is 2.02. The lowest BCUT2D eigenvalue weighted by atomic mass is 10.2. The Balaban J connectivity index is 2.38. The van der Waals surface area contributed by atoms with Crippen LogP contribution in [0, 0.1) is 5.82 Å². The number of aromatic hydroxyl groups is 1. The van der Waals surface area contributed by atoms with Crippen LogP contribution in [-0.4, -0.2) is 24.7 Å². The molecule has 0 amide bonds. The van der Waals surface area contributed by atoms with Crippen molar-refractivity contribution in [1.29, 1.82) is 0 Å². The van der Waals surface area contributed by atoms with E-state index in [2.05, 4.69) is 22.5 Å². The molecule has 0 aliphatic carbocycles. The minimum absolute atomic E-state index is 0.328. The first-order valence-corrected chi connectivity index (χ1v) is 6.59. The summed E-state index contributed by atoms with van der Waals surface area (Å²) in [5.41, 5.74) is 0.756. The molecule has 0 fully saturated rings. The van der Waals surface area contributed by atoms with Crippen LogP contribution in [0.2, 0.25) is 0 Å². The standard InChI is InChI=1S/C14H22FN3O/c1-3-4-5-8-17-14(16-2)18-10-11-6-7-13(19)12(15)9-11/h6-7,9,19H,3-5,8,10H2,1-2H3,(H2,16,17,18). The molecule has 1 rings (SSSR count). The number of hydrogen-bond acceptors (Lipinski definition) is 2. The lowest BCUT2D eigenvalue weighted by Gasteiger charge is -2.11. The number of aliphatic imine (C=N–C) groups is 1. The fourth-order valence-corrected chi connectivity index (χ4v) is 1.65. The van der Waals surface area contributed by atoms with Crippen molar-refractivity contribution >= 4 is 5.96 Å². The summed E-state index contributed by atoms with van der Waals surface area (Å²) in [5, 5.41) is 15.4. The van der Waals surface area contributed by atoms with Gasteiger partial charge in [0.1, 0.15) is 0 Å². The van der Waals surface area contributed by atoms with Gasteiger partial charge in [0, 0.05) is 20.1 Å². The van der Waals surface area contributed by atoms with Crippen molar-refractivity contribution in [3.8, 4) is 5.75 Å². The number of guanidine groups is 1. The molecule has 0 unspecified atom stereocenters. The minimum atomic E-state index is -0.606. The molecule has 1 aromatic carbocycles. The quantitative estimate of drug-likeness (QED) is 0.421. The van der Waals surface area contributed by atoms with Gasteiger partial charge in [-0.2, -0.15) is 0 Å². The fourth-order valence-electron chi connectivity index (χ4n) is 1.65. The van der Waals surface area contributed by atoms with E-state index >= 15 is 0 Å². The summed E-state index contributed by atoms with van der Waals surface area (Å²) in [5.74, 6) is -0.236. The lowest BCUT2D eigenvalue weighted by molar-refractivity contribution is 0.431. The first-order chi connectivity index (χ1) is 9.17. The van der Waals surface area contributed by atoms with Gasteiger partial charge in [0.2, 0.25) is 0 Å². The SMILES string of the molecule is CCCCCNC(=NC)NCc1ccc(O)c(F)c1. The van der Waals surface area contributed by atoms with Crippen molar-refractivity contribution in [2.75, 3.05) is 13.6 Å². The zero-order valence-electron chi connectivity index (χ0n) is 11.5. The van der Waals surface area contributed by atoms with E-state index in [0.29, 0.717) is 12.5 Å². The van der Waals surface area contributed by atoms with Crippen LogP contribution in [0.1, 0.15) is 31.7 Å². The predicted molar refractivity (Wildman–Crippen MR) is 75.8 cm³/mol. The molecule has 0 aromatic heterocycles. The van der Waals surface area contributed by atoms with Gasteiger partial charge in [0.15, 0.2) is 17.5 Å². The molecule has 1 aromatic rings. The Hall–Kier alpha value is -1.78. The first-order valence-electron chi connectivity index (χ1n) is 6.59. The van der Waals surface area contributed by atoms with E-state index < -0.39 is 5.82 Å². The fraction of sp³-hybridized carbons (Fsp3) is 0.500. The third-order valence-electron chi connectivity index (χ3n) is 2.77. The first kappa shape index (κ1) is 15.3. The normalized spacial score (nSPS) is 11.4. The smallest absolute Gasteiger partial charge is 0.191 e. The van der Waals surface area contributed by atoms with Crippen molar-refractivity contribution in [2.24, 2.45) is 4.99 Å². The third kappa shape index (κ3) is 5.59. The number of benzene rings is 1. The number of hydrogen-bond donors (Lipinski definition) is 3. The Morgan fingerprint density at radius 1 is 1.32 bits per heavy atom. The Morgan fingerprint density at radius 3 is 2.74 bits per heavy atom. The number of nitrogens with zero attached hydrogens (tertiary/aromatic N) is 1. The van der Waals surface area contributed by atoms with Crippen LogP contribution in [0.3, 0.4) is 0 Å². The lowest BCUT2D eigenvalue weighted by Crippen LogP contribution is -2.37. The van der Waals surface area contributed by atoms with Crippen molar-refractivity contribution in [3.05, 3.63) is 29.6 Å². The summed E-state index contributed by atoms with van der Waals surface area (Å²) in [6.45, 7) is 3.49. The number of halogens is 1. The van der Waals surface area contributed by atoms with Gasteiger partial charge in [0.05, 0.1) is 0 Å². The predicted octanol–water partition coefficient (Wildman–Crippen LogP) is 2.39. The molecule has 0 spiro atoms. The minimum Gasteiger partial charge on any atom is -0.505 e. The third-order valence-corrected chi connectivity index (χ3v) is 2.77. The maximum absolute atomic E-state index is 13.1. The summed E-state index contributed by atoms with van der Waals surface area (Å²) < 4.78 is 13.1. The molecule has 106 valence electrons. The largest absolute Gasteiger partial charge is 0.505 e. The van der Waals surface area contributed by atoms with E-state index in [-0.39, 0.29) is 5.75 Å². The van der Waals surface area contributed by atoms with Gasteiger partial charge in [0.25, 0.3) is 0 Å². The van der Waals surface area contributed by atoms with Crippen LogP contribution >= 0.6 is 0 Å². The molecule has 0 heterocycles. The Labute approximate surface area is 113 Å². The van der Waals surface area contributed by atoms with Gasteiger partial charge < -0.3 is 15.7 Å². The van der Waals surface area contributed by atoms with Gasteiger partial charge >= 0.3 is 0 Å². The molecule has 3 N–H and O–H groups in total.